The molecule has 0 N–H and O–H groups in total. The minimum Gasteiger partial charge on any atom is -0.296 e. The number of nitrogens with zero attached hydrogens (tertiary/aromatic N) is 6. The molecule has 6 heterocycles. The van der Waals surface area contributed by atoms with Crippen LogP contribution in [0, 0.1) is 24.2 Å². The quantitative estimate of drug-likeness (QED) is 0.147. The fraction of sp³-hybridized carbons (Fsp3) is 0.286. The van der Waals surface area contributed by atoms with Crippen LogP contribution in [0.25, 0.3) is 21.8 Å². The Labute approximate surface area is 306 Å². The van der Waals surface area contributed by atoms with Gasteiger partial charge in [0.25, 0.3) is 11.1 Å². The van der Waals surface area contributed by atoms with E-state index >= 15 is 0 Å². The minimum absolute atomic E-state index is 0.0676. The Morgan fingerprint density at radius 3 is 1.76 bits per heavy atom. The zero-order valence-electron chi connectivity index (χ0n) is 28.8. The summed E-state index contributed by atoms with van der Waals surface area (Å²) < 4.78 is 4.70. The number of aromatic nitrogens is 6. The van der Waals surface area contributed by atoms with Crippen molar-refractivity contribution in [3.05, 3.63) is 139 Å². The molecule has 0 amide bonds. The van der Waals surface area contributed by atoms with E-state index in [0.29, 0.717) is 22.9 Å². The van der Waals surface area contributed by atoms with Crippen LogP contribution in [-0.2, 0) is 13.1 Å². The van der Waals surface area contributed by atoms with Crippen molar-refractivity contribution in [3.63, 3.8) is 0 Å². The van der Waals surface area contributed by atoms with E-state index in [1.807, 2.05) is 75.9 Å². The standard InChI is InChI=1S/C21H19N3O.C14H15BrN2O.C7H5N/c1-15-6-3-5-13-24-20(15)23-19-14-16(9-11-18(19)21(24)25)8-10-17-7-2-4-12-22-17;1-9-4-2-3-7-17-13(9)16-12-8-10(15)5-6-11(12)14(17)18;1-2-7-5-3-4-6-8-7/h2,4,7,9,11-12,14-15H,3,5-6,13H2,1H3;5-6,8-9H,2-4,7H2,1H3;1,3-6H. The lowest BCUT2D eigenvalue weighted by molar-refractivity contribution is 0.613. The van der Waals surface area contributed by atoms with Crippen molar-refractivity contribution in [1.82, 2.24) is 29.1 Å². The zero-order valence-corrected chi connectivity index (χ0v) is 30.4. The highest BCUT2D eigenvalue weighted by atomic mass is 79.9. The number of rotatable bonds is 0. The van der Waals surface area contributed by atoms with E-state index in [2.05, 4.69) is 57.5 Å². The van der Waals surface area contributed by atoms with E-state index in [9.17, 15) is 9.59 Å². The molecule has 51 heavy (non-hydrogen) atoms. The fourth-order valence-electron chi connectivity index (χ4n) is 6.43. The van der Waals surface area contributed by atoms with Gasteiger partial charge in [-0.3, -0.25) is 18.7 Å². The number of terminal acetylenes is 1. The maximum Gasteiger partial charge on any atom is 0.261 e. The summed E-state index contributed by atoms with van der Waals surface area (Å²) in [6.45, 7) is 5.88. The molecule has 0 spiro atoms. The molecule has 0 bridgehead atoms. The molecule has 0 aliphatic carbocycles. The third kappa shape index (κ3) is 8.51. The summed E-state index contributed by atoms with van der Waals surface area (Å²) in [6.07, 6.45) is 15.1. The van der Waals surface area contributed by atoms with Gasteiger partial charge < -0.3 is 0 Å². The molecule has 2 aromatic carbocycles. The van der Waals surface area contributed by atoms with E-state index < -0.39 is 0 Å². The summed E-state index contributed by atoms with van der Waals surface area (Å²) in [5, 5.41) is 1.39. The van der Waals surface area contributed by atoms with Gasteiger partial charge in [0, 0.05) is 47.4 Å². The minimum atomic E-state index is 0.0676. The molecule has 2 aliphatic rings. The Morgan fingerprint density at radius 2 is 1.24 bits per heavy atom. The lowest BCUT2D eigenvalue weighted by Crippen LogP contribution is -2.25. The van der Waals surface area contributed by atoms with Crippen LogP contribution in [0.2, 0.25) is 0 Å². The number of hydrogen-bond donors (Lipinski definition) is 0. The predicted octanol–water partition coefficient (Wildman–Crippen LogP) is 7.99. The first-order valence-electron chi connectivity index (χ1n) is 17.4. The molecule has 6 aromatic rings. The van der Waals surface area contributed by atoms with Gasteiger partial charge in [0.1, 0.15) is 23.0 Å². The van der Waals surface area contributed by atoms with E-state index in [4.69, 9.17) is 16.4 Å². The Morgan fingerprint density at radius 1 is 0.686 bits per heavy atom. The SMILES string of the molecule is C#Cc1ccccn1.CC1CCCCn2c1nc1cc(Br)ccc1c2=O.CC1CCCCn2c1nc1cc(C#Cc3ccccn3)ccc1c2=O. The first-order chi connectivity index (χ1) is 24.8. The van der Waals surface area contributed by atoms with Gasteiger partial charge >= 0.3 is 0 Å². The van der Waals surface area contributed by atoms with Crippen molar-refractivity contribution in [2.45, 2.75) is 77.3 Å². The van der Waals surface area contributed by atoms with Crippen LogP contribution >= 0.6 is 15.9 Å². The van der Waals surface area contributed by atoms with Gasteiger partial charge in [0.15, 0.2) is 0 Å². The second-order valence-corrected chi connectivity index (χ2v) is 13.8. The second kappa shape index (κ2) is 16.6. The van der Waals surface area contributed by atoms with Crippen LogP contribution in [0.1, 0.15) is 92.8 Å². The van der Waals surface area contributed by atoms with Crippen molar-refractivity contribution in [2.24, 2.45) is 0 Å². The summed E-state index contributed by atoms with van der Waals surface area (Å²) in [5.74, 6) is 11.1. The number of benzene rings is 2. The molecule has 8 rings (SSSR count). The molecule has 0 saturated heterocycles. The van der Waals surface area contributed by atoms with Gasteiger partial charge in [0.2, 0.25) is 0 Å². The first-order valence-corrected chi connectivity index (χ1v) is 18.2. The van der Waals surface area contributed by atoms with Crippen LogP contribution in [0.3, 0.4) is 0 Å². The van der Waals surface area contributed by atoms with E-state index in [-0.39, 0.29) is 11.1 Å². The average Bonchev–Trinajstić information content (AvgIpc) is 3.47. The van der Waals surface area contributed by atoms with Gasteiger partial charge in [0.05, 0.1) is 21.8 Å². The highest BCUT2D eigenvalue weighted by molar-refractivity contribution is 9.10. The molecular weight excluding hydrogens is 700 g/mol. The third-order valence-electron chi connectivity index (χ3n) is 9.16. The van der Waals surface area contributed by atoms with E-state index in [0.717, 1.165) is 89.0 Å². The summed E-state index contributed by atoms with van der Waals surface area (Å²) in [6, 6.07) is 22.5. The molecule has 4 aromatic heterocycles. The fourth-order valence-corrected chi connectivity index (χ4v) is 6.78. The van der Waals surface area contributed by atoms with Crippen LogP contribution in [0.15, 0.2) is 99.3 Å². The largest absolute Gasteiger partial charge is 0.296 e. The molecular formula is C42H39BrN6O2. The molecule has 256 valence electrons. The topological polar surface area (TPSA) is 95.6 Å². The smallest absolute Gasteiger partial charge is 0.261 e. The van der Waals surface area contributed by atoms with Crippen LogP contribution < -0.4 is 11.1 Å². The van der Waals surface area contributed by atoms with Crippen molar-refractivity contribution >= 4 is 37.7 Å². The lowest BCUT2D eigenvalue weighted by atomic mass is 10.0. The molecule has 2 unspecified atom stereocenters. The normalized spacial score (nSPS) is 16.3. The molecule has 2 atom stereocenters. The van der Waals surface area contributed by atoms with Gasteiger partial charge in [-0.25, -0.2) is 19.9 Å². The van der Waals surface area contributed by atoms with Crippen molar-refractivity contribution < 1.29 is 0 Å². The Bertz CT molecular complexity index is 2390. The van der Waals surface area contributed by atoms with Crippen LogP contribution in [-0.4, -0.2) is 29.1 Å². The monoisotopic (exact) mass is 738 g/mol. The average molecular weight is 740 g/mol. The van der Waals surface area contributed by atoms with E-state index in [1.54, 1.807) is 18.5 Å². The van der Waals surface area contributed by atoms with Crippen molar-refractivity contribution in [2.75, 3.05) is 0 Å². The van der Waals surface area contributed by atoms with Gasteiger partial charge in [-0.15, -0.1) is 6.42 Å². The van der Waals surface area contributed by atoms with E-state index in [1.165, 1.54) is 6.42 Å². The first kappa shape index (κ1) is 35.4. The molecule has 0 fully saturated rings. The number of fused-ring (bicyclic) bond motifs is 4. The number of hydrogen-bond acceptors (Lipinski definition) is 6. The summed E-state index contributed by atoms with van der Waals surface area (Å²) in [4.78, 5) is 42.9. The highest BCUT2D eigenvalue weighted by Crippen LogP contribution is 2.26. The van der Waals surface area contributed by atoms with Crippen molar-refractivity contribution in [1.29, 1.82) is 0 Å². The van der Waals surface area contributed by atoms with Gasteiger partial charge in [-0.1, -0.05) is 66.6 Å². The van der Waals surface area contributed by atoms with Crippen LogP contribution in [0.5, 0.6) is 0 Å². The Kier molecular flexibility index (Phi) is 11.5. The maximum atomic E-state index is 12.8. The summed E-state index contributed by atoms with van der Waals surface area (Å²) in [5.41, 5.74) is 3.97. The predicted molar refractivity (Wildman–Crippen MR) is 207 cm³/mol. The molecule has 8 nitrogen and oxygen atoms in total. The third-order valence-corrected chi connectivity index (χ3v) is 9.66. The molecule has 9 heteroatoms. The number of pyridine rings is 2. The summed E-state index contributed by atoms with van der Waals surface area (Å²) >= 11 is 3.43. The van der Waals surface area contributed by atoms with Crippen LogP contribution in [0.4, 0.5) is 0 Å². The zero-order chi connectivity index (χ0) is 35.7. The Balaban J connectivity index is 0.000000150. The number of halogens is 1. The molecule has 0 saturated carbocycles. The highest BCUT2D eigenvalue weighted by Gasteiger charge is 2.20. The maximum absolute atomic E-state index is 12.8. The lowest BCUT2D eigenvalue weighted by Gasteiger charge is -2.14. The molecule has 2 aliphatic heterocycles. The van der Waals surface area contributed by atoms with Gasteiger partial charge in [-0.2, -0.15) is 0 Å². The summed E-state index contributed by atoms with van der Waals surface area (Å²) in [7, 11) is 0. The molecule has 0 radical (unpaired) electrons. The Hall–Kier alpha value is -5.38. The van der Waals surface area contributed by atoms with Gasteiger partial charge in [-0.05, 0) is 92.3 Å². The van der Waals surface area contributed by atoms with Crippen molar-refractivity contribution in [3.8, 4) is 24.2 Å². The second-order valence-electron chi connectivity index (χ2n) is 12.9.